The Kier molecular flexibility index (Phi) is 15.8. The van der Waals surface area contributed by atoms with Crippen LogP contribution in [-0.4, -0.2) is 77.1 Å². The van der Waals surface area contributed by atoms with Crippen molar-refractivity contribution in [3.63, 3.8) is 0 Å². The van der Waals surface area contributed by atoms with Gasteiger partial charge in [-0.1, -0.05) is 26.2 Å². The molecule has 26 heavy (non-hydrogen) atoms. The fourth-order valence-corrected chi connectivity index (χ4v) is 3.31. The molecule has 0 bridgehead atoms. The second-order valence-electron chi connectivity index (χ2n) is 7.09. The Morgan fingerprint density at radius 1 is 1.12 bits per heavy atom. The molecule has 2 N–H and O–H groups in total. The smallest absolute Gasteiger partial charge is 0.191 e. The molecule has 156 valence electrons. The van der Waals surface area contributed by atoms with Crippen LogP contribution in [0.2, 0.25) is 0 Å². The molecule has 0 heterocycles. The van der Waals surface area contributed by atoms with Gasteiger partial charge < -0.3 is 25.0 Å². The van der Waals surface area contributed by atoms with Gasteiger partial charge in [-0.25, -0.2) is 0 Å². The number of nitrogens with zero attached hydrogens (tertiary/aromatic N) is 2. The molecular weight excluding hydrogens is 443 g/mol. The first-order valence-corrected chi connectivity index (χ1v) is 9.92. The molecule has 1 aliphatic carbocycles. The van der Waals surface area contributed by atoms with Gasteiger partial charge in [0.25, 0.3) is 0 Å². The summed E-state index contributed by atoms with van der Waals surface area (Å²) in [6.07, 6.45) is 8.31. The van der Waals surface area contributed by atoms with E-state index in [9.17, 15) is 0 Å². The maximum absolute atomic E-state index is 6.25. The lowest BCUT2D eigenvalue weighted by Gasteiger charge is -2.37. The van der Waals surface area contributed by atoms with Gasteiger partial charge in [-0.2, -0.15) is 0 Å². The Labute approximate surface area is 177 Å². The summed E-state index contributed by atoms with van der Waals surface area (Å²) < 4.78 is 11.3. The molecule has 0 radical (unpaired) electrons. The third-order valence-electron chi connectivity index (χ3n) is 4.85. The molecule has 7 heteroatoms. The van der Waals surface area contributed by atoms with Crippen LogP contribution in [0.25, 0.3) is 0 Å². The van der Waals surface area contributed by atoms with Crippen LogP contribution in [0.15, 0.2) is 4.99 Å². The lowest BCUT2D eigenvalue weighted by atomic mass is 9.84. The van der Waals surface area contributed by atoms with Crippen molar-refractivity contribution in [3.8, 4) is 0 Å². The molecule has 0 unspecified atom stereocenters. The van der Waals surface area contributed by atoms with Gasteiger partial charge in [0.2, 0.25) is 0 Å². The number of ether oxygens (including phenoxy) is 2. The third-order valence-corrected chi connectivity index (χ3v) is 4.85. The predicted molar refractivity (Wildman–Crippen MR) is 121 cm³/mol. The number of guanidine groups is 1. The van der Waals surface area contributed by atoms with Gasteiger partial charge in [0.1, 0.15) is 0 Å². The van der Waals surface area contributed by atoms with Crippen molar-refractivity contribution in [2.45, 2.75) is 57.5 Å². The van der Waals surface area contributed by atoms with Crippen LogP contribution in [0.1, 0.15) is 51.9 Å². The molecule has 1 rings (SSSR count). The van der Waals surface area contributed by atoms with Gasteiger partial charge >= 0.3 is 0 Å². The number of hydrogen-bond acceptors (Lipinski definition) is 4. The number of nitrogens with one attached hydrogen (secondary N) is 2. The first-order valence-electron chi connectivity index (χ1n) is 9.92. The van der Waals surface area contributed by atoms with Crippen LogP contribution in [0.5, 0.6) is 0 Å². The highest BCUT2D eigenvalue weighted by molar-refractivity contribution is 14.0. The largest absolute Gasteiger partial charge is 0.385 e. The molecule has 1 aliphatic rings. The number of rotatable bonds is 12. The minimum Gasteiger partial charge on any atom is -0.385 e. The third kappa shape index (κ3) is 10.9. The Morgan fingerprint density at radius 3 is 2.46 bits per heavy atom. The van der Waals surface area contributed by atoms with Crippen molar-refractivity contribution in [1.29, 1.82) is 0 Å². The van der Waals surface area contributed by atoms with E-state index in [0.29, 0.717) is 0 Å². The van der Waals surface area contributed by atoms with Crippen LogP contribution >= 0.6 is 24.0 Å². The van der Waals surface area contributed by atoms with Crippen molar-refractivity contribution in [1.82, 2.24) is 15.5 Å². The van der Waals surface area contributed by atoms with Crippen molar-refractivity contribution in [2.24, 2.45) is 4.99 Å². The highest BCUT2D eigenvalue weighted by Crippen LogP contribution is 2.31. The van der Waals surface area contributed by atoms with Gasteiger partial charge in [0.15, 0.2) is 5.96 Å². The van der Waals surface area contributed by atoms with Crippen LogP contribution in [0, 0.1) is 0 Å². The highest BCUT2D eigenvalue weighted by atomic mass is 127. The molecular formula is C19H41IN4O2. The van der Waals surface area contributed by atoms with Gasteiger partial charge in [0, 0.05) is 53.6 Å². The maximum atomic E-state index is 6.25. The van der Waals surface area contributed by atoms with Crippen molar-refractivity contribution in [2.75, 3.05) is 60.6 Å². The molecule has 0 atom stereocenters. The number of methoxy groups -OCH3 is 1. The molecule has 0 aliphatic heterocycles. The Hall–Kier alpha value is -0.120. The molecule has 0 amide bonds. The van der Waals surface area contributed by atoms with Crippen LogP contribution in [-0.2, 0) is 9.47 Å². The first kappa shape index (κ1) is 25.9. The van der Waals surface area contributed by atoms with E-state index in [1.165, 1.54) is 19.3 Å². The van der Waals surface area contributed by atoms with E-state index >= 15 is 0 Å². The Bertz CT molecular complexity index is 363. The average Bonchev–Trinajstić information content (AvgIpc) is 2.64. The summed E-state index contributed by atoms with van der Waals surface area (Å²) in [6.45, 7) is 7.61. The second-order valence-corrected chi connectivity index (χ2v) is 7.09. The van der Waals surface area contributed by atoms with Gasteiger partial charge in [-0.15, -0.1) is 24.0 Å². The van der Waals surface area contributed by atoms with E-state index in [0.717, 1.165) is 71.0 Å². The fourth-order valence-electron chi connectivity index (χ4n) is 3.31. The zero-order valence-corrected chi connectivity index (χ0v) is 19.6. The summed E-state index contributed by atoms with van der Waals surface area (Å²) in [6, 6.07) is 0. The summed E-state index contributed by atoms with van der Waals surface area (Å²) in [4.78, 5) is 6.67. The average molecular weight is 484 g/mol. The lowest BCUT2D eigenvalue weighted by Crippen LogP contribution is -2.50. The van der Waals surface area contributed by atoms with Crippen molar-refractivity contribution in [3.05, 3.63) is 0 Å². The van der Waals surface area contributed by atoms with E-state index in [4.69, 9.17) is 9.47 Å². The Balaban J connectivity index is 0.00000625. The normalized spacial score (nSPS) is 17.0. The zero-order chi connectivity index (χ0) is 18.4. The van der Waals surface area contributed by atoms with Gasteiger partial charge in [0.05, 0.1) is 5.60 Å². The summed E-state index contributed by atoms with van der Waals surface area (Å²) in [7, 11) is 5.72. The molecule has 6 nitrogen and oxygen atoms in total. The zero-order valence-electron chi connectivity index (χ0n) is 17.3. The van der Waals surface area contributed by atoms with E-state index < -0.39 is 0 Å². The topological polar surface area (TPSA) is 58.1 Å². The summed E-state index contributed by atoms with van der Waals surface area (Å²) in [5.74, 6) is 0.871. The van der Waals surface area contributed by atoms with Gasteiger partial charge in [-0.3, -0.25) is 4.99 Å². The van der Waals surface area contributed by atoms with Crippen LogP contribution < -0.4 is 10.6 Å². The second kappa shape index (κ2) is 15.9. The molecule has 1 saturated carbocycles. The van der Waals surface area contributed by atoms with Crippen LogP contribution in [0.4, 0.5) is 0 Å². The molecule has 0 aromatic carbocycles. The minimum atomic E-state index is -0.0111. The monoisotopic (exact) mass is 484 g/mol. The number of hydrogen-bond donors (Lipinski definition) is 2. The number of aliphatic imine (C=N–C) groups is 1. The molecule has 0 spiro atoms. The molecule has 0 saturated heterocycles. The van der Waals surface area contributed by atoms with Crippen molar-refractivity contribution < 1.29 is 9.47 Å². The molecule has 0 aromatic rings. The number of halogens is 1. The van der Waals surface area contributed by atoms with Gasteiger partial charge in [-0.05, 0) is 32.7 Å². The summed E-state index contributed by atoms with van der Waals surface area (Å²) in [5.41, 5.74) is -0.0111. The summed E-state index contributed by atoms with van der Waals surface area (Å²) >= 11 is 0. The van der Waals surface area contributed by atoms with E-state index in [2.05, 4.69) is 34.5 Å². The molecule has 0 aromatic heterocycles. The van der Waals surface area contributed by atoms with E-state index in [1.54, 1.807) is 7.11 Å². The fraction of sp³-hybridized carbons (Fsp3) is 0.947. The Morgan fingerprint density at radius 2 is 1.85 bits per heavy atom. The minimum absolute atomic E-state index is 0. The lowest BCUT2D eigenvalue weighted by molar-refractivity contribution is -0.0657. The SMILES string of the molecule is CCCOC1(CNC(=NC)NCCN(C)CCCOC)CCCCC1.I. The predicted octanol–water partition coefficient (Wildman–Crippen LogP) is 2.87. The summed E-state index contributed by atoms with van der Waals surface area (Å²) in [5, 5.41) is 6.90. The molecule has 1 fully saturated rings. The quantitative estimate of drug-likeness (QED) is 0.193. The van der Waals surface area contributed by atoms with Crippen LogP contribution in [0.3, 0.4) is 0 Å². The highest BCUT2D eigenvalue weighted by Gasteiger charge is 2.32. The van der Waals surface area contributed by atoms with Crippen molar-refractivity contribution >= 4 is 29.9 Å². The first-order chi connectivity index (χ1) is 12.2. The standard InChI is InChI=1S/C19H40N4O2.HI/c1-5-15-25-19(10-7-6-8-11-19)17-22-18(20-2)21-12-14-23(3)13-9-16-24-4;/h5-17H2,1-4H3,(H2,20,21,22);1H. The van der Waals surface area contributed by atoms with E-state index in [1.807, 2.05) is 7.05 Å². The maximum Gasteiger partial charge on any atom is 0.191 e. The number of likely N-dealkylation sites (N-methyl/N-ethyl adjacent to an activating group) is 1. The van der Waals surface area contributed by atoms with E-state index in [-0.39, 0.29) is 29.6 Å².